The number of rotatable bonds is 5. The molecule has 3 aliphatic rings. The van der Waals surface area contributed by atoms with Crippen LogP contribution in [0.25, 0.3) is 5.57 Å². The van der Waals surface area contributed by atoms with E-state index in [0.29, 0.717) is 11.8 Å². The molecule has 0 N–H and O–H groups in total. The van der Waals surface area contributed by atoms with Crippen molar-refractivity contribution in [3.63, 3.8) is 0 Å². The first-order valence-corrected chi connectivity index (χ1v) is 14.3. The summed E-state index contributed by atoms with van der Waals surface area (Å²) in [5, 5.41) is 0. The van der Waals surface area contributed by atoms with Gasteiger partial charge in [-0.25, -0.2) is 8.78 Å². The minimum atomic E-state index is -0.0652. The molecule has 5 rings (SSSR count). The quantitative estimate of drug-likeness (QED) is 0.402. The van der Waals surface area contributed by atoms with Crippen molar-refractivity contribution in [2.75, 3.05) is 0 Å². The largest absolute Gasteiger partial charge is 0.207 e. The second kappa shape index (κ2) is 11.0. The van der Waals surface area contributed by atoms with E-state index < -0.39 is 0 Å². The zero-order valence-corrected chi connectivity index (χ0v) is 21.7. The fraction of sp³-hybridized carbons (Fsp3) is 0.576. The highest BCUT2D eigenvalue weighted by molar-refractivity contribution is 5.67. The fourth-order valence-electron chi connectivity index (χ4n) is 7.01. The minimum absolute atomic E-state index is 0.00830. The Labute approximate surface area is 211 Å². The summed E-state index contributed by atoms with van der Waals surface area (Å²) in [4.78, 5) is 0. The summed E-state index contributed by atoms with van der Waals surface area (Å²) in [6, 6.07) is 12.0. The van der Waals surface area contributed by atoms with Crippen LogP contribution in [0.4, 0.5) is 8.78 Å². The average Bonchev–Trinajstić information content (AvgIpc) is 2.89. The van der Waals surface area contributed by atoms with E-state index in [4.69, 9.17) is 0 Å². The molecule has 0 radical (unpaired) electrons. The summed E-state index contributed by atoms with van der Waals surface area (Å²) < 4.78 is 30.2. The van der Waals surface area contributed by atoms with Gasteiger partial charge in [-0.1, -0.05) is 63.5 Å². The predicted molar refractivity (Wildman–Crippen MR) is 143 cm³/mol. The van der Waals surface area contributed by atoms with E-state index in [1.165, 1.54) is 49.7 Å². The molecule has 0 aliphatic heterocycles. The van der Waals surface area contributed by atoms with Crippen LogP contribution in [-0.2, 0) is 0 Å². The van der Waals surface area contributed by atoms with Crippen molar-refractivity contribution in [2.45, 2.75) is 109 Å². The SMILES string of the molecule is CCC1CC=C(c2ccc(C3CCC(c4ccc(C5CCC(C)CC5)cc4F)CC3)cc2F)CC1. The van der Waals surface area contributed by atoms with E-state index >= 15 is 8.78 Å². The summed E-state index contributed by atoms with van der Waals surface area (Å²) in [5.41, 5.74) is 5.19. The molecule has 2 saturated carbocycles. The third kappa shape index (κ3) is 5.57. The predicted octanol–water partition coefficient (Wildman–Crippen LogP) is 10.3. The van der Waals surface area contributed by atoms with Gasteiger partial charge in [0, 0.05) is 5.56 Å². The molecule has 2 heteroatoms. The van der Waals surface area contributed by atoms with Gasteiger partial charge in [0.25, 0.3) is 0 Å². The van der Waals surface area contributed by atoms with E-state index in [9.17, 15) is 0 Å². The monoisotopic (exact) mass is 476 g/mol. The lowest BCUT2D eigenvalue weighted by Gasteiger charge is -2.30. The zero-order chi connectivity index (χ0) is 24.4. The Morgan fingerprint density at radius 3 is 1.89 bits per heavy atom. The summed E-state index contributed by atoms with van der Waals surface area (Å²) >= 11 is 0. The molecule has 35 heavy (non-hydrogen) atoms. The summed E-state index contributed by atoms with van der Waals surface area (Å²) in [5.74, 6) is 2.69. The van der Waals surface area contributed by atoms with E-state index in [2.05, 4.69) is 38.1 Å². The number of hydrogen-bond donors (Lipinski definition) is 0. The normalized spacial score (nSPS) is 29.6. The van der Waals surface area contributed by atoms with Crippen LogP contribution in [0, 0.1) is 23.5 Å². The molecule has 1 unspecified atom stereocenters. The Balaban J connectivity index is 1.20. The summed E-state index contributed by atoms with van der Waals surface area (Å²) in [7, 11) is 0. The second-order valence-electron chi connectivity index (χ2n) is 11.8. The van der Waals surface area contributed by atoms with Crippen molar-refractivity contribution in [3.05, 3.63) is 76.4 Å². The molecular weight excluding hydrogens is 434 g/mol. The highest BCUT2D eigenvalue weighted by atomic mass is 19.1. The Kier molecular flexibility index (Phi) is 7.75. The van der Waals surface area contributed by atoms with Gasteiger partial charge in [-0.05, 0) is 122 Å². The molecule has 0 spiro atoms. The fourth-order valence-corrected chi connectivity index (χ4v) is 7.01. The number of halogens is 2. The summed E-state index contributed by atoms with van der Waals surface area (Å²) in [6.07, 6.45) is 15.6. The average molecular weight is 477 g/mol. The van der Waals surface area contributed by atoms with Crippen molar-refractivity contribution in [2.24, 2.45) is 11.8 Å². The zero-order valence-electron chi connectivity index (χ0n) is 21.7. The van der Waals surface area contributed by atoms with Crippen LogP contribution < -0.4 is 0 Å². The number of allylic oxidation sites excluding steroid dienone is 2. The van der Waals surface area contributed by atoms with Gasteiger partial charge in [-0.2, -0.15) is 0 Å². The minimum Gasteiger partial charge on any atom is -0.207 e. The van der Waals surface area contributed by atoms with Crippen LogP contribution in [0.1, 0.15) is 131 Å². The molecular formula is C33H42F2. The van der Waals surface area contributed by atoms with Crippen molar-refractivity contribution >= 4 is 5.57 Å². The van der Waals surface area contributed by atoms with Gasteiger partial charge >= 0.3 is 0 Å². The number of hydrogen-bond acceptors (Lipinski definition) is 0. The molecule has 0 heterocycles. The van der Waals surface area contributed by atoms with Crippen molar-refractivity contribution in [1.82, 2.24) is 0 Å². The lowest BCUT2D eigenvalue weighted by Crippen LogP contribution is -2.15. The Morgan fingerprint density at radius 2 is 1.31 bits per heavy atom. The van der Waals surface area contributed by atoms with Crippen LogP contribution in [0.3, 0.4) is 0 Å². The van der Waals surface area contributed by atoms with Gasteiger partial charge in [0.1, 0.15) is 11.6 Å². The third-order valence-corrected chi connectivity index (χ3v) is 9.59. The van der Waals surface area contributed by atoms with Gasteiger partial charge in [0.15, 0.2) is 0 Å². The van der Waals surface area contributed by atoms with E-state index in [1.54, 1.807) is 6.07 Å². The van der Waals surface area contributed by atoms with E-state index in [1.807, 2.05) is 12.1 Å². The first-order chi connectivity index (χ1) is 17.0. The molecule has 2 fully saturated rings. The Morgan fingerprint density at radius 1 is 0.714 bits per heavy atom. The third-order valence-electron chi connectivity index (χ3n) is 9.59. The molecule has 0 bridgehead atoms. The van der Waals surface area contributed by atoms with Gasteiger partial charge < -0.3 is 0 Å². The molecule has 2 aromatic carbocycles. The van der Waals surface area contributed by atoms with E-state index in [0.717, 1.165) is 67.1 Å². The van der Waals surface area contributed by atoms with Gasteiger partial charge in [0.2, 0.25) is 0 Å². The molecule has 0 nitrogen and oxygen atoms in total. The first kappa shape index (κ1) is 24.7. The highest BCUT2D eigenvalue weighted by Gasteiger charge is 2.27. The smallest absolute Gasteiger partial charge is 0.130 e. The van der Waals surface area contributed by atoms with Crippen LogP contribution in [-0.4, -0.2) is 0 Å². The van der Waals surface area contributed by atoms with Crippen LogP contribution in [0.5, 0.6) is 0 Å². The van der Waals surface area contributed by atoms with Crippen molar-refractivity contribution in [3.8, 4) is 0 Å². The Hall–Kier alpha value is -1.96. The van der Waals surface area contributed by atoms with Gasteiger partial charge in [-0.3, -0.25) is 0 Å². The lowest BCUT2D eigenvalue weighted by molar-refractivity contribution is 0.347. The summed E-state index contributed by atoms with van der Waals surface area (Å²) in [6.45, 7) is 4.57. The maximum atomic E-state index is 15.2. The Bertz CT molecular complexity index is 1040. The van der Waals surface area contributed by atoms with E-state index in [-0.39, 0.29) is 17.6 Å². The van der Waals surface area contributed by atoms with Crippen LogP contribution in [0.15, 0.2) is 42.5 Å². The lowest BCUT2D eigenvalue weighted by atomic mass is 9.75. The van der Waals surface area contributed by atoms with Crippen LogP contribution >= 0.6 is 0 Å². The standard InChI is InChI=1S/C33H42F2/c1-3-23-6-10-26(11-7-23)30-18-17-29(21-32(30)34)25-12-14-27(15-13-25)31-19-16-28(20-33(31)35)24-8-4-22(2)5-9-24/h10,16-25,27H,3-9,11-15H2,1-2H3. The molecule has 188 valence electrons. The molecule has 0 aromatic heterocycles. The molecule has 2 aromatic rings. The second-order valence-corrected chi connectivity index (χ2v) is 11.8. The maximum absolute atomic E-state index is 15.2. The topological polar surface area (TPSA) is 0 Å². The molecule has 1 atom stereocenters. The van der Waals surface area contributed by atoms with Crippen molar-refractivity contribution in [1.29, 1.82) is 0 Å². The molecule has 0 amide bonds. The van der Waals surface area contributed by atoms with Crippen molar-refractivity contribution < 1.29 is 8.78 Å². The van der Waals surface area contributed by atoms with Gasteiger partial charge in [0.05, 0.1) is 0 Å². The maximum Gasteiger partial charge on any atom is 0.130 e. The van der Waals surface area contributed by atoms with Crippen LogP contribution in [0.2, 0.25) is 0 Å². The first-order valence-electron chi connectivity index (χ1n) is 14.3. The highest BCUT2D eigenvalue weighted by Crippen LogP contribution is 2.43. The van der Waals surface area contributed by atoms with Gasteiger partial charge in [-0.15, -0.1) is 0 Å². The molecule has 3 aliphatic carbocycles. The number of benzene rings is 2. The molecule has 0 saturated heterocycles.